The van der Waals surface area contributed by atoms with Crippen molar-refractivity contribution in [1.82, 2.24) is 10.6 Å². The van der Waals surface area contributed by atoms with E-state index in [2.05, 4.69) is 78.4 Å². The quantitative estimate of drug-likeness (QED) is 0.254. The molecular weight excluding hydrogens is 601 g/mol. The molecule has 1 aromatic rings. The highest BCUT2D eigenvalue weighted by atomic mass is 32.2. The van der Waals surface area contributed by atoms with E-state index in [1.165, 1.54) is 0 Å². The van der Waals surface area contributed by atoms with Crippen LogP contribution in [0.25, 0.3) is 0 Å². The second kappa shape index (κ2) is 13.4. The van der Waals surface area contributed by atoms with E-state index in [0.717, 1.165) is 5.56 Å². The first-order chi connectivity index (χ1) is 19.4. The van der Waals surface area contributed by atoms with Gasteiger partial charge in [0.05, 0.1) is 5.56 Å². The van der Waals surface area contributed by atoms with Crippen LogP contribution >= 0.6 is 11.8 Å². The zero-order valence-electron chi connectivity index (χ0n) is 28.7. The van der Waals surface area contributed by atoms with Crippen LogP contribution in [0.2, 0.25) is 36.3 Å². The van der Waals surface area contributed by atoms with E-state index in [1.54, 1.807) is 32.5 Å². The molecule has 43 heavy (non-hydrogen) atoms. The minimum atomic E-state index is -2.31. The van der Waals surface area contributed by atoms with Crippen LogP contribution < -0.4 is 19.5 Å². The van der Waals surface area contributed by atoms with Gasteiger partial charge in [0.2, 0.25) is 22.5 Å². The molecule has 0 aliphatic carbocycles. The Morgan fingerprint density at radius 3 is 2.00 bits per heavy atom. The molecule has 2 rings (SSSR count). The third kappa shape index (κ3) is 9.90. The van der Waals surface area contributed by atoms with E-state index in [1.807, 2.05) is 13.0 Å². The van der Waals surface area contributed by atoms with E-state index in [9.17, 15) is 14.4 Å². The average molecular weight is 655 g/mol. The van der Waals surface area contributed by atoms with Crippen molar-refractivity contribution in [3.8, 4) is 11.5 Å². The molecule has 0 bridgehead atoms. The molecular formula is C31H54N2O7SSi2. The SMILES string of the molecule is Cc1c(O[Si](C)(C)C(C)(C)C)cc(O[Si](C)(C)C(C)(C)C)c2c1C(=O)OC[C@H](NC(=O)OC(C)(C)C)C(=O)NCCSC2. The van der Waals surface area contributed by atoms with Gasteiger partial charge in [-0.3, -0.25) is 4.79 Å². The number of benzene rings is 1. The minimum Gasteiger partial charge on any atom is -0.543 e. The largest absolute Gasteiger partial charge is 0.543 e. The molecule has 1 aliphatic heterocycles. The Morgan fingerprint density at radius 1 is 0.953 bits per heavy atom. The van der Waals surface area contributed by atoms with E-state index >= 15 is 0 Å². The summed E-state index contributed by atoms with van der Waals surface area (Å²) < 4.78 is 24.8. The summed E-state index contributed by atoms with van der Waals surface area (Å²) in [6.07, 6.45) is -0.767. The van der Waals surface area contributed by atoms with Crippen molar-refractivity contribution in [3.05, 3.63) is 22.8 Å². The highest BCUT2D eigenvalue weighted by Crippen LogP contribution is 2.45. The molecule has 0 aromatic heterocycles. The molecule has 1 aromatic carbocycles. The first-order valence-electron chi connectivity index (χ1n) is 14.9. The molecule has 0 saturated heterocycles. The number of esters is 1. The third-order valence-electron chi connectivity index (χ3n) is 8.33. The zero-order valence-corrected chi connectivity index (χ0v) is 31.6. The fraction of sp³-hybridized carbons (Fsp3) is 0.710. The number of ether oxygens (including phenoxy) is 2. The molecule has 0 fully saturated rings. The molecule has 0 spiro atoms. The van der Waals surface area contributed by atoms with Crippen LogP contribution in [-0.4, -0.2) is 65.2 Å². The molecule has 0 unspecified atom stereocenters. The average Bonchev–Trinajstić information content (AvgIpc) is 2.80. The van der Waals surface area contributed by atoms with Crippen molar-refractivity contribution >= 4 is 46.4 Å². The lowest BCUT2D eigenvalue weighted by molar-refractivity contribution is -0.124. The number of hydrogen-bond donors (Lipinski definition) is 2. The van der Waals surface area contributed by atoms with Crippen molar-refractivity contribution in [2.75, 3.05) is 18.9 Å². The van der Waals surface area contributed by atoms with Crippen LogP contribution in [0.1, 0.15) is 83.8 Å². The van der Waals surface area contributed by atoms with E-state index in [4.69, 9.17) is 18.3 Å². The molecule has 9 nitrogen and oxygen atoms in total. The van der Waals surface area contributed by atoms with Crippen LogP contribution in [0.15, 0.2) is 6.07 Å². The molecule has 0 saturated carbocycles. The molecule has 1 aliphatic rings. The Labute approximate surface area is 265 Å². The summed E-state index contributed by atoms with van der Waals surface area (Å²) in [5.74, 6) is 1.28. The number of hydrogen-bond acceptors (Lipinski definition) is 8. The fourth-order valence-corrected chi connectivity index (χ4v) is 6.66. The van der Waals surface area contributed by atoms with Gasteiger partial charge in [-0.1, -0.05) is 41.5 Å². The van der Waals surface area contributed by atoms with Crippen molar-refractivity contribution in [3.63, 3.8) is 0 Å². The lowest BCUT2D eigenvalue weighted by Crippen LogP contribution is -2.51. The smallest absolute Gasteiger partial charge is 0.408 e. The number of carbonyl (C=O) groups is 3. The van der Waals surface area contributed by atoms with Gasteiger partial charge in [-0.15, -0.1) is 0 Å². The van der Waals surface area contributed by atoms with Gasteiger partial charge in [0, 0.05) is 35.2 Å². The molecule has 0 radical (unpaired) electrons. The maximum atomic E-state index is 13.9. The van der Waals surface area contributed by atoms with Crippen LogP contribution in [0, 0.1) is 6.92 Å². The Bertz CT molecular complexity index is 1200. The highest BCUT2D eigenvalue weighted by molar-refractivity contribution is 7.98. The number of alkyl carbamates (subject to hydrolysis) is 1. The summed E-state index contributed by atoms with van der Waals surface area (Å²) >= 11 is 1.59. The number of carbonyl (C=O) groups excluding carboxylic acids is 3. The standard InChI is InChI=1S/C31H54N2O7SSi2/c1-20-23(39-42(11,12)30(5,6)7)17-24(40-43(13,14)31(8,9)10)21-19-41-16-15-32-26(34)22(18-37-27(35)25(20)21)33-28(36)38-29(2,3)4/h17,22H,15-16,18-19H2,1-14H3,(H,32,34)(H,33,36)/t22-/m0/s1. The summed E-state index contributed by atoms with van der Waals surface area (Å²) in [7, 11) is -4.61. The number of cyclic esters (lactones) is 1. The van der Waals surface area contributed by atoms with Crippen molar-refractivity contribution in [2.45, 2.75) is 123 Å². The molecule has 1 heterocycles. The lowest BCUT2D eigenvalue weighted by Gasteiger charge is -2.39. The first kappa shape index (κ1) is 37.0. The topological polar surface area (TPSA) is 112 Å². The monoisotopic (exact) mass is 654 g/mol. The van der Waals surface area contributed by atoms with Gasteiger partial charge in [-0.05, 0) is 64.0 Å². The molecule has 12 heteroatoms. The Kier molecular flexibility index (Phi) is 11.6. The van der Waals surface area contributed by atoms with Gasteiger partial charge in [-0.2, -0.15) is 11.8 Å². The maximum absolute atomic E-state index is 13.9. The van der Waals surface area contributed by atoms with Gasteiger partial charge in [0.1, 0.15) is 29.7 Å². The number of amides is 2. The summed E-state index contributed by atoms with van der Waals surface area (Å²) in [5.41, 5.74) is 1.06. The van der Waals surface area contributed by atoms with Crippen LogP contribution in [0.5, 0.6) is 11.5 Å². The van der Waals surface area contributed by atoms with Crippen molar-refractivity contribution in [2.24, 2.45) is 0 Å². The lowest BCUT2D eigenvalue weighted by atomic mass is 10.0. The number of nitrogens with one attached hydrogen (secondary N) is 2. The zero-order chi connectivity index (χ0) is 33.2. The molecule has 244 valence electrons. The Hall–Kier alpha value is -2.19. The van der Waals surface area contributed by atoms with Gasteiger partial charge in [0.25, 0.3) is 0 Å². The summed E-state index contributed by atoms with van der Waals surface area (Å²) in [6.45, 7) is 28.8. The number of rotatable bonds is 5. The Morgan fingerprint density at radius 2 is 1.49 bits per heavy atom. The van der Waals surface area contributed by atoms with Crippen molar-refractivity contribution in [1.29, 1.82) is 0 Å². The van der Waals surface area contributed by atoms with Crippen LogP contribution in [0.3, 0.4) is 0 Å². The molecule has 2 N–H and O–H groups in total. The number of thioether (sulfide) groups is 1. The normalized spacial score (nSPS) is 17.9. The second-order valence-corrected chi connectivity index (χ2v) is 25.8. The molecule has 1 atom stereocenters. The molecule has 2 amide bonds. The first-order valence-corrected chi connectivity index (χ1v) is 21.9. The van der Waals surface area contributed by atoms with E-state index in [0.29, 0.717) is 40.7 Å². The summed E-state index contributed by atoms with van der Waals surface area (Å²) in [4.78, 5) is 39.4. The fourth-order valence-electron chi connectivity index (χ4n) is 3.67. The van der Waals surface area contributed by atoms with Crippen molar-refractivity contribution < 1.29 is 32.7 Å². The predicted molar refractivity (Wildman–Crippen MR) is 179 cm³/mol. The maximum Gasteiger partial charge on any atom is 0.408 e. The van der Waals surface area contributed by atoms with Gasteiger partial charge in [0.15, 0.2) is 0 Å². The van der Waals surface area contributed by atoms with Gasteiger partial charge >= 0.3 is 12.1 Å². The number of fused-ring (bicyclic) bond motifs is 1. The third-order valence-corrected chi connectivity index (χ3v) is 18.0. The van der Waals surface area contributed by atoms with Gasteiger partial charge in [-0.25, -0.2) is 9.59 Å². The van der Waals surface area contributed by atoms with E-state index < -0.39 is 46.2 Å². The second-order valence-electron chi connectivity index (χ2n) is 15.2. The van der Waals surface area contributed by atoms with Crippen LogP contribution in [-0.2, 0) is 20.0 Å². The predicted octanol–water partition coefficient (Wildman–Crippen LogP) is 7.18. The van der Waals surface area contributed by atoms with Gasteiger partial charge < -0.3 is 29.0 Å². The van der Waals surface area contributed by atoms with Crippen LogP contribution in [0.4, 0.5) is 4.79 Å². The minimum absolute atomic E-state index is 0.0694. The van der Waals surface area contributed by atoms with E-state index in [-0.39, 0.29) is 16.7 Å². The highest BCUT2D eigenvalue weighted by Gasteiger charge is 2.42. The summed E-state index contributed by atoms with van der Waals surface area (Å²) in [6, 6.07) is 0.838. The summed E-state index contributed by atoms with van der Waals surface area (Å²) in [5, 5.41) is 5.24. The Balaban J connectivity index is 2.66.